The lowest BCUT2D eigenvalue weighted by atomic mass is 9.90. The van der Waals surface area contributed by atoms with Crippen molar-refractivity contribution in [3.63, 3.8) is 0 Å². The third-order valence-corrected chi connectivity index (χ3v) is 3.46. The number of hydrogen-bond donors (Lipinski definition) is 5. The van der Waals surface area contributed by atoms with Crippen LogP contribution in [0.15, 0.2) is 0 Å². The summed E-state index contributed by atoms with van der Waals surface area (Å²) < 4.78 is 0. The molecule has 3 rings (SSSR count). The molecule has 0 radical (unpaired) electrons. The summed E-state index contributed by atoms with van der Waals surface area (Å²) in [6.45, 7) is 0. The lowest BCUT2D eigenvalue weighted by Gasteiger charge is -2.22. The Bertz CT molecular complexity index is 365. The van der Waals surface area contributed by atoms with Crippen LogP contribution in [0.5, 0.6) is 11.8 Å². The topological polar surface area (TPSA) is 96.7 Å². The Balaban J connectivity index is 2.21. The van der Waals surface area contributed by atoms with E-state index < -0.39 is 12.2 Å². The molecule has 1 heterocycles. The molecule has 0 saturated heterocycles. The van der Waals surface area contributed by atoms with Crippen LogP contribution in [-0.4, -0.2) is 37.6 Å². The lowest BCUT2D eigenvalue weighted by molar-refractivity contribution is 0.0211. The Morgan fingerprint density at radius 2 is 1.36 bits per heavy atom. The van der Waals surface area contributed by atoms with Crippen LogP contribution in [0.4, 0.5) is 0 Å². The van der Waals surface area contributed by atoms with Gasteiger partial charge in [0.25, 0.3) is 0 Å². The highest BCUT2D eigenvalue weighted by Gasteiger charge is 2.53. The van der Waals surface area contributed by atoms with Crippen LogP contribution in [0.3, 0.4) is 0 Å². The van der Waals surface area contributed by atoms with Crippen LogP contribution >= 0.6 is 0 Å². The zero-order valence-electron chi connectivity index (χ0n) is 7.31. The molecule has 76 valence electrons. The highest BCUT2D eigenvalue weighted by atomic mass is 16.3. The Morgan fingerprint density at radius 1 is 0.929 bits per heavy atom. The average molecular weight is 197 g/mol. The molecule has 0 unspecified atom stereocenters. The van der Waals surface area contributed by atoms with Gasteiger partial charge in [0, 0.05) is 23.0 Å². The first kappa shape index (κ1) is 8.14. The first-order valence-corrected chi connectivity index (χ1v) is 4.61. The van der Waals surface area contributed by atoms with Gasteiger partial charge in [0.15, 0.2) is 11.8 Å². The van der Waals surface area contributed by atoms with Gasteiger partial charge in [-0.15, -0.1) is 0 Å². The number of aliphatic hydroxyl groups excluding tert-OH is 2. The fourth-order valence-electron chi connectivity index (χ4n) is 2.86. The van der Waals surface area contributed by atoms with Crippen molar-refractivity contribution in [2.24, 2.45) is 0 Å². The molecular weight excluding hydrogens is 186 g/mol. The number of nitrogens with one attached hydrogen (secondary N) is 1. The van der Waals surface area contributed by atoms with Crippen LogP contribution in [0.2, 0.25) is 0 Å². The third kappa shape index (κ3) is 0.689. The van der Waals surface area contributed by atoms with Crippen molar-refractivity contribution >= 4 is 0 Å². The molecule has 4 atom stereocenters. The van der Waals surface area contributed by atoms with Gasteiger partial charge in [0.2, 0.25) is 0 Å². The average Bonchev–Trinajstić information content (AvgIpc) is 2.71. The number of fused-ring (bicyclic) bond motifs is 5. The number of aromatic nitrogens is 1. The standard InChI is InChI=1S/C9H11NO4/c11-6-2-1-3(7(6)12)5-4(2)8(13)10-9(5)14/h2-3,6-7,10-14H,1H2/t2-,3+,6-,7+. The van der Waals surface area contributed by atoms with Gasteiger partial charge in [-0.2, -0.15) is 0 Å². The number of hydrogen-bond acceptors (Lipinski definition) is 4. The highest BCUT2D eigenvalue weighted by Crippen LogP contribution is 2.58. The van der Waals surface area contributed by atoms with Gasteiger partial charge in [-0.1, -0.05) is 0 Å². The van der Waals surface area contributed by atoms with E-state index in [1.807, 2.05) is 0 Å². The van der Waals surface area contributed by atoms with Gasteiger partial charge < -0.3 is 20.4 Å². The van der Waals surface area contributed by atoms with E-state index >= 15 is 0 Å². The second-order valence-electron chi connectivity index (χ2n) is 4.08. The minimum absolute atomic E-state index is 0.0871. The van der Waals surface area contributed by atoms with Gasteiger partial charge >= 0.3 is 0 Å². The molecule has 0 spiro atoms. The van der Waals surface area contributed by atoms with Crippen molar-refractivity contribution in [2.45, 2.75) is 30.5 Å². The molecule has 5 N–H and O–H groups in total. The fourth-order valence-corrected chi connectivity index (χ4v) is 2.86. The van der Waals surface area contributed by atoms with Gasteiger partial charge in [-0.3, -0.25) is 4.98 Å². The number of aromatic hydroxyl groups is 2. The first-order valence-electron chi connectivity index (χ1n) is 4.61. The molecular formula is C9H11NO4. The zero-order valence-corrected chi connectivity index (χ0v) is 7.31. The minimum Gasteiger partial charge on any atom is -0.494 e. The van der Waals surface area contributed by atoms with E-state index in [-0.39, 0.29) is 23.6 Å². The first-order chi connectivity index (χ1) is 6.61. The maximum Gasteiger partial charge on any atom is 0.195 e. The van der Waals surface area contributed by atoms with Crippen molar-refractivity contribution in [3.8, 4) is 11.8 Å². The van der Waals surface area contributed by atoms with E-state index in [2.05, 4.69) is 4.98 Å². The van der Waals surface area contributed by atoms with Crippen molar-refractivity contribution in [1.82, 2.24) is 4.98 Å². The third-order valence-electron chi connectivity index (χ3n) is 3.46. The van der Waals surface area contributed by atoms with Crippen LogP contribution in [0.25, 0.3) is 0 Å². The normalized spacial score (nSPS) is 39.0. The van der Waals surface area contributed by atoms with Crippen LogP contribution in [0, 0.1) is 0 Å². The summed E-state index contributed by atoms with van der Waals surface area (Å²) in [5, 5.41) is 38.2. The molecule has 1 aromatic heterocycles. The number of H-pyrrole nitrogens is 1. The van der Waals surface area contributed by atoms with Crippen LogP contribution in [0.1, 0.15) is 29.4 Å². The van der Waals surface area contributed by atoms with E-state index in [0.29, 0.717) is 17.5 Å². The van der Waals surface area contributed by atoms with E-state index in [0.717, 1.165) is 0 Å². The lowest BCUT2D eigenvalue weighted by Crippen LogP contribution is -2.30. The second kappa shape index (κ2) is 2.24. The summed E-state index contributed by atoms with van der Waals surface area (Å²) in [6.07, 6.45) is -1.05. The largest absolute Gasteiger partial charge is 0.494 e. The second-order valence-corrected chi connectivity index (χ2v) is 4.08. The molecule has 2 bridgehead atoms. The predicted molar refractivity (Wildman–Crippen MR) is 46.2 cm³/mol. The van der Waals surface area contributed by atoms with E-state index in [1.165, 1.54) is 0 Å². The monoisotopic (exact) mass is 197 g/mol. The minimum atomic E-state index is -0.825. The van der Waals surface area contributed by atoms with Gasteiger partial charge in [0.05, 0.1) is 12.2 Å². The molecule has 5 nitrogen and oxygen atoms in total. The summed E-state index contributed by atoms with van der Waals surface area (Å²) >= 11 is 0. The summed E-state index contributed by atoms with van der Waals surface area (Å²) in [5.74, 6) is -0.670. The summed E-state index contributed by atoms with van der Waals surface area (Å²) in [6, 6.07) is 0. The maximum absolute atomic E-state index is 9.61. The maximum atomic E-state index is 9.61. The number of rotatable bonds is 0. The molecule has 2 aliphatic carbocycles. The number of aromatic amines is 1. The Kier molecular flexibility index (Phi) is 1.30. The molecule has 14 heavy (non-hydrogen) atoms. The Hall–Kier alpha value is -1.20. The predicted octanol–water partition coefficient (Wildman–Crippen LogP) is -0.268. The van der Waals surface area contributed by atoms with Gasteiger partial charge in [0.1, 0.15) is 0 Å². The van der Waals surface area contributed by atoms with Crippen molar-refractivity contribution in [1.29, 1.82) is 0 Å². The van der Waals surface area contributed by atoms with Gasteiger partial charge in [-0.25, -0.2) is 0 Å². The van der Waals surface area contributed by atoms with Crippen molar-refractivity contribution in [2.75, 3.05) is 0 Å². The van der Waals surface area contributed by atoms with Crippen molar-refractivity contribution < 1.29 is 20.4 Å². The summed E-state index contributed by atoms with van der Waals surface area (Å²) in [7, 11) is 0. The Morgan fingerprint density at radius 3 is 1.79 bits per heavy atom. The van der Waals surface area contributed by atoms with Crippen LogP contribution < -0.4 is 0 Å². The van der Waals surface area contributed by atoms with E-state index in [4.69, 9.17) is 0 Å². The summed E-state index contributed by atoms with van der Waals surface area (Å²) in [4.78, 5) is 2.41. The molecule has 2 aliphatic rings. The van der Waals surface area contributed by atoms with Crippen LogP contribution in [-0.2, 0) is 0 Å². The highest BCUT2D eigenvalue weighted by molar-refractivity contribution is 5.55. The molecule has 5 heteroatoms. The Labute approximate surface area is 79.6 Å². The van der Waals surface area contributed by atoms with Crippen molar-refractivity contribution in [3.05, 3.63) is 11.1 Å². The fraction of sp³-hybridized carbons (Fsp3) is 0.556. The zero-order chi connectivity index (χ0) is 10.0. The SMILES string of the molecule is Oc1[nH]c(O)c2c1[C@H]1C[C@@H]2[C@H](O)[C@@H]1O. The smallest absolute Gasteiger partial charge is 0.195 e. The van der Waals surface area contributed by atoms with E-state index in [9.17, 15) is 20.4 Å². The molecule has 1 fully saturated rings. The van der Waals surface area contributed by atoms with Gasteiger partial charge in [-0.05, 0) is 6.42 Å². The molecule has 1 aromatic rings. The molecule has 0 aliphatic heterocycles. The summed E-state index contributed by atoms with van der Waals surface area (Å²) in [5.41, 5.74) is 1.15. The molecule has 1 saturated carbocycles. The van der Waals surface area contributed by atoms with E-state index in [1.54, 1.807) is 0 Å². The number of aliphatic hydroxyl groups is 2. The molecule has 0 amide bonds. The quantitative estimate of drug-likeness (QED) is 0.395. The molecule has 0 aromatic carbocycles.